The Balaban J connectivity index is 2.73. The SMILES string of the molecule is C=CCOc1ccccc1C(=O)NCC(C(C)C)C(C)C. The van der Waals surface area contributed by atoms with Gasteiger partial charge in [0.05, 0.1) is 5.56 Å². The first-order chi connectivity index (χ1) is 9.97. The van der Waals surface area contributed by atoms with Crippen molar-refractivity contribution in [2.45, 2.75) is 27.7 Å². The molecule has 0 aliphatic heterocycles. The number of hydrogen-bond acceptors (Lipinski definition) is 2. The number of carbonyl (C=O) groups excluding carboxylic acids is 1. The molecule has 0 aliphatic carbocycles. The molecule has 0 atom stereocenters. The minimum atomic E-state index is -0.0824. The summed E-state index contributed by atoms with van der Waals surface area (Å²) < 4.78 is 5.53. The van der Waals surface area contributed by atoms with Gasteiger partial charge < -0.3 is 10.1 Å². The number of carbonyl (C=O) groups is 1. The van der Waals surface area contributed by atoms with E-state index >= 15 is 0 Å². The van der Waals surface area contributed by atoms with E-state index in [0.29, 0.717) is 42.2 Å². The smallest absolute Gasteiger partial charge is 0.255 e. The van der Waals surface area contributed by atoms with Crippen molar-refractivity contribution in [3.8, 4) is 5.75 Å². The molecule has 1 rings (SSSR count). The topological polar surface area (TPSA) is 38.3 Å². The van der Waals surface area contributed by atoms with E-state index in [-0.39, 0.29) is 5.91 Å². The molecular weight excluding hydrogens is 262 g/mol. The van der Waals surface area contributed by atoms with Crippen LogP contribution in [0.2, 0.25) is 0 Å². The summed E-state index contributed by atoms with van der Waals surface area (Å²) in [6, 6.07) is 7.30. The summed E-state index contributed by atoms with van der Waals surface area (Å²) in [5, 5.41) is 3.03. The van der Waals surface area contributed by atoms with Crippen LogP contribution in [-0.2, 0) is 0 Å². The second kappa shape index (κ2) is 8.50. The first-order valence-corrected chi connectivity index (χ1v) is 7.58. The third-order valence-corrected chi connectivity index (χ3v) is 3.70. The Morgan fingerprint density at radius 2 is 1.86 bits per heavy atom. The number of hydrogen-bond donors (Lipinski definition) is 1. The van der Waals surface area contributed by atoms with Crippen LogP contribution in [0.4, 0.5) is 0 Å². The van der Waals surface area contributed by atoms with Crippen molar-refractivity contribution in [1.29, 1.82) is 0 Å². The van der Waals surface area contributed by atoms with Crippen LogP contribution >= 0.6 is 0 Å². The van der Waals surface area contributed by atoms with Gasteiger partial charge in [-0.15, -0.1) is 0 Å². The summed E-state index contributed by atoms with van der Waals surface area (Å²) in [5.41, 5.74) is 0.575. The van der Waals surface area contributed by atoms with Crippen LogP contribution in [0.15, 0.2) is 36.9 Å². The molecule has 1 amide bonds. The number of nitrogens with one attached hydrogen (secondary N) is 1. The maximum absolute atomic E-state index is 12.4. The van der Waals surface area contributed by atoms with Crippen LogP contribution in [0, 0.1) is 17.8 Å². The molecule has 0 heterocycles. The van der Waals surface area contributed by atoms with Gasteiger partial charge in [-0.2, -0.15) is 0 Å². The molecule has 1 N–H and O–H groups in total. The average Bonchev–Trinajstić information content (AvgIpc) is 2.44. The lowest BCUT2D eigenvalue weighted by Crippen LogP contribution is -2.34. The van der Waals surface area contributed by atoms with Crippen LogP contribution in [0.5, 0.6) is 5.75 Å². The van der Waals surface area contributed by atoms with Gasteiger partial charge in [0.2, 0.25) is 0 Å². The van der Waals surface area contributed by atoms with Crippen molar-refractivity contribution in [2.75, 3.05) is 13.2 Å². The van der Waals surface area contributed by atoms with E-state index in [0.717, 1.165) is 0 Å². The fourth-order valence-corrected chi connectivity index (χ4v) is 2.48. The van der Waals surface area contributed by atoms with Crippen molar-refractivity contribution in [3.05, 3.63) is 42.5 Å². The van der Waals surface area contributed by atoms with E-state index in [1.807, 2.05) is 12.1 Å². The lowest BCUT2D eigenvalue weighted by molar-refractivity contribution is 0.0933. The third kappa shape index (κ3) is 5.25. The highest BCUT2D eigenvalue weighted by Gasteiger charge is 2.19. The van der Waals surface area contributed by atoms with Crippen LogP contribution < -0.4 is 10.1 Å². The van der Waals surface area contributed by atoms with E-state index in [1.54, 1.807) is 18.2 Å². The molecule has 21 heavy (non-hydrogen) atoms. The molecule has 0 aliphatic rings. The molecule has 0 saturated carbocycles. The summed E-state index contributed by atoms with van der Waals surface area (Å²) >= 11 is 0. The van der Waals surface area contributed by atoms with E-state index in [9.17, 15) is 4.79 Å². The fourth-order valence-electron chi connectivity index (χ4n) is 2.48. The average molecular weight is 289 g/mol. The maximum Gasteiger partial charge on any atom is 0.255 e. The highest BCUT2D eigenvalue weighted by Crippen LogP contribution is 2.21. The summed E-state index contributed by atoms with van der Waals surface area (Å²) in [4.78, 5) is 12.4. The van der Waals surface area contributed by atoms with Crippen LogP contribution in [0.25, 0.3) is 0 Å². The number of benzene rings is 1. The summed E-state index contributed by atoms with van der Waals surface area (Å²) in [6.45, 7) is 13.5. The minimum Gasteiger partial charge on any atom is -0.489 e. The highest BCUT2D eigenvalue weighted by molar-refractivity contribution is 5.96. The zero-order valence-corrected chi connectivity index (χ0v) is 13.6. The number of para-hydroxylation sites is 1. The summed E-state index contributed by atoms with van der Waals surface area (Å²) in [5.74, 6) is 2.06. The lowest BCUT2D eigenvalue weighted by atomic mass is 9.85. The van der Waals surface area contributed by atoms with Crippen LogP contribution in [0.3, 0.4) is 0 Å². The largest absolute Gasteiger partial charge is 0.489 e. The molecule has 3 heteroatoms. The Hall–Kier alpha value is -1.77. The van der Waals surface area contributed by atoms with Crippen LogP contribution in [-0.4, -0.2) is 19.1 Å². The van der Waals surface area contributed by atoms with E-state index in [1.165, 1.54) is 0 Å². The van der Waals surface area contributed by atoms with E-state index < -0.39 is 0 Å². The molecule has 1 aromatic rings. The molecule has 0 unspecified atom stereocenters. The Bertz CT molecular complexity index is 458. The van der Waals surface area contributed by atoms with Gasteiger partial charge in [0.1, 0.15) is 12.4 Å². The van der Waals surface area contributed by atoms with Gasteiger partial charge in [0.15, 0.2) is 0 Å². The van der Waals surface area contributed by atoms with Gasteiger partial charge in [-0.05, 0) is 29.9 Å². The van der Waals surface area contributed by atoms with Gasteiger partial charge in [0.25, 0.3) is 5.91 Å². The molecular formula is C18H27NO2. The van der Waals surface area contributed by atoms with Crippen molar-refractivity contribution in [2.24, 2.45) is 17.8 Å². The predicted molar refractivity (Wildman–Crippen MR) is 87.6 cm³/mol. The highest BCUT2D eigenvalue weighted by atomic mass is 16.5. The maximum atomic E-state index is 12.4. The summed E-state index contributed by atoms with van der Waals surface area (Å²) in [6.07, 6.45) is 1.67. The van der Waals surface area contributed by atoms with Gasteiger partial charge in [-0.3, -0.25) is 4.79 Å². The number of rotatable bonds is 8. The molecule has 0 radical (unpaired) electrons. The van der Waals surface area contributed by atoms with Crippen molar-refractivity contribution in [1.82, 2.24) is 5.32 Å². The quantitative estimate of drug-likeness (QED) is 0.737. The molecule has 0 spiro atoms. The molecule has 0 fully saturated rings. The normalized spacial score (nSPS) is 11.0. The second-order valence-corrected chi connectivity index (χ2v) is 5.96. The molecule has 0 bridgehead atoms. The Morgan fingerprint density at radius 1 is 1.24 bits per heavy atom. The number of ether oxygens (including phenoxy) is 1. The van der Waals surface area contributed by atoms with Gasteiger partial charge >= 0.3 is 0 Å². The van der Waals surface area contributed by atoms with Crippen molar-refractivity contribution < 1.29 is 9.53 Å². The van der Waals surface area contributed by atoms with Crippen LogP contribution in [0.1, 0.15) is 38.1 Å². The van der Waals surface area contributed by atoms with Gasteiger partial charge in [-0.1, -0.05) is 52.5 Å². The Morgan fingerprint density at radius 3 is 2.43 bits per heavy atom. The zero-order chi connectivity index (χ0) is 15.8. The Kier molecular flexibility index (Phi) is 7.00. The predicted octanol–water partition coefficient (Wildman–Crippen LogP) is 3.91. The van der Waals surface area contributed by atoms with Crippen molar-refractivity contribution in [3.63, 3.8) is 0 Å². The van der Waals surface area contributed by atoms with E-state index in [2.05, 4.69) is 39.6 Å². The molecule has 0 aromatic heterocycles. The second-order valence-electron chi connectivity index (χ2n) is 5.96. The minimum absolute atomic E-state index is 0.0824. The molecule has 1 aromatic carbocycles. The van der Waals surface area contributed by atoms with Crippen molar-refractivity contribution >= 4 is 5.91 Å². The monoisotopic (exact) mass is 289 g/mol. The number of amides is 1. The fraction of sp³-hybridized carbons (Fsp3) is 0.500. The summed E-state index contributed by atoms with van der Waals surface area (Å²) in [7, 11) is 0. The zero-order valence-electron chi connectivity index (χ0n) is 13.6. The molecule has 3 nitrogen and oxygen atoms in total. The standard InChI is InChI=1S/C18H27NO2/c1-6-11-21-17-10-8-7-9-15(17)18(20)19-12-16(13(2)3)14(4)5/h6-10,13-14,16H,1,11-12H2,2-5H3,(H,19,20). The van der Waals surface area contributed by atoms with Gasteiger partial charge in [-0.25, -0.2) is 0 Å². The first-order valence-electron chi connectivity index (χ1n) is 7.58. The third-order valence-electron chi connectivity index (χ3n) is 3.70. The van der Waals surface area contributed by atoms with E-state index in [4.69, 9.17) is 4.74 Å². The Labute approximate surface area is 128 Å². The molecule has 0 saturated heterocycles. The van der Waals surface area contributed by atoms with Gasteiger partial charge in [0, 0.05) is 6.54 Å². The lowest BCUT2D eigenvalue weighted by Gasteiger charge is -2.25. The molecule has 116 valence electrons. The first kappa shape index (κ1) is 17.3.